The number of hydrogen-bond donors (Lipinski definition) is 2. The Bertz CT molecular complexity index is 1080. The zero-order valence-corrected chi connectivity index (χ0v) is 16.2. The van der Waals surface area contributed by atoms with Gasteiger partial charge in [-0.1, -0.05) is 12.1 Å². The van der Waals surface area contributed by atoms with E-state index in [4.69, 9.17) is 4.74 Å². The lowest BCUT2D eigenvalue weighted by Gasteiger charge is -2.07. The number of amides is 2. The highest BCUT2D eigenvalue weighted by Crippen LogP contribution is 2.31. The second-order valence-electron chi connectivity index (χ2n) is 6.50. The maximum Gasteiger partial charge on any atom is 0.449 e. The van der Waals surface area contributed by atoms with Crippen LogP contribution < -0.4 is 15.4 Å². The first-order valence-electron chi connectivity index (χ1n) is 8.95. The molecule has 0 atom stereocenters. The molecule has 0 aliphatic carbocycles. The highest BCUT2D eigenvalue weighted by Gasteiger charge is 2.36. The number of aryl methyl sites for hydroxylation is 1. The van der Waals surface area contributed by atoms with Crippen LogP contribution in [-0.2, 0) is 29.2 Å². The molecular formula is C20H19F3N4O3. The molecule has 0 radical (unpaired) electrons. The van der Waals surface area contributed by atoms with E-state index >= 15 is 0 Å². The highest BCUT2D eigenvalue weighted by molar-refractivity contribution is 6.39. The van der Waals surface area contributed by atoms with Gasteiger partial charge in [-0.3, -0.25) is 9.59 Å². The summed E-state index contributed by atoms with van der Waals surface area (Å²) in [6, 6.07) is 11.4. The summed E-state index contributed by atoms with van der Waals surface area (Å²) in [6.07, 6.45) is -4.08. The molecule has 3 aromatic rings. The van der Waals surface area contributed by atoms with Gasteiger partial charge in [0.1, 0.15) is 5.75 Å². The second kappa shape index (κ2) is 8.44. The Labute approximate surface area is 169 Å². The van der Waals surface area contributed by atoms with Crippen LogP contribution in [-0.4, -0.2) is 35.0 Å². The van der Waals surface area contributed by atoms with Crippen molar-refractivity contribution in [2.75, 3.05) is 19.0 Å². The molecule has 10 heteroatoms. The molecule has 0 spiro atoms. The van der Waals surface area contributed by atoms with E-state index in [0.717, 1.165) is 15.9 Å². The number of hydrogen-bond acceptors (Lipinski definition) is 4. The van der Waals surface area contributed by atoms with E-state index in [2.05, 4.69) is 15.6 Å². The van der Waals surface area contributed by atoms with Crippen molar-refractivity contribution in [1.82, 2.24) is 14.9 Å². The normalized spacial score (nSPS) is 11.4. The highest BCUT2D eigenvalue weighted by atomic mass is 19.4. The molecule has 30 heavy (non-hydrogen) atoms. The molecule has 0 bridgehead atoms. The fourth-order valence-corrected chi connectivity index (χ4v) is 2.91. The van der Waals surface area contributed by atoms with Crippen LogP contribution in [0.25, 0.3) is 11.0 Å². The van der Waals surface area contributed by atoms with Gasteiger partial charge in [-0.2, -0.15) is 13.2 Å². The third-order valence-electron chi connectivity index (χ3n) is 4.46. The molecule has 0 unspecified atom stereocenters. The van der Waals surface area contributed by atoms with Crippen molar-refractivity contribution in [3.05, 3.63) is 53.9 Å². The lowest BCUT2D eigenvalue weighted by atomic mass is 10.1. The third kappa shape index (κ3) is 4.70. The maximum absolute atomic E-state index is 13.0. The minimum absolute atomic E-state index is 0.0579. The number of carbonyl (C=O) groups excluding carboxylic acids is 2. The van der Waals surface area contributed by atoms with Crippen molar-refractivity contribution < 1.29 is 27.5 Å². The van der Waals surface area contributed by atoms with E-state index in [1.807, 2.05) is 12.1 Å². The van der Waals surface area contributed by atoms with Gasteiger partial charge < -0.3 is 19.9 Å². The largest absolute Gasteiger partial charge is 0.497 e. The first kappa shape index (κ1) is 21.2. The van der Waals surface area contributed by atoms with Crippen molar-refractivity contribution in [1.29, 1.82) is 0 Å². The molecule has 0 fully saturated rings. The number of methoxy groups -OCH3 is 1. The van der Waals surface area contributed by atoms with Gasteiger partial charge in [0.25, 0.3) is 0 Å². The molecule has 3 rings (SSSR count). The molecule has 0 saturated heterocycles. The van der Waals surface area contributed by atoms with Gasteiger partial charge in [-0.05, 0) is 42.3 Å². The first-order valence-corrected chi connectivity index (χ1v) is 8.95. The molecule has 2 N–H and O–H groups in total. The molecule has 2 aromatic carbocycles. The Morgan fingerprint density at radius 1 is 1.10 bits per heavy atom. The molecule has 0 saturated carbocycles. The number of halogens is 3. The summed E-state index contributed by atoms with van der Waals surface area (Å²) in [5.41, 5.74) is 1.44. The predicted molar refractivity (Wildman–Crippen MR) is 104 cm³/mol. The van der Waals surface area contributed by atoms with Gasteiger partial charge in [0, 0.05) is 19.3 Å². The molecule has 7 nitrogen and oxygen atoms in total. The van der Waals surface area contributed by atoms with Gasteiger partial charge in [-0.15, -0.1) is 0 Å². The average molecular weight is 420 g/mol. The maximum atomic E-state index is 13.0. The van der Waals surface area contributed by atoms with E-state index in [-0.39, 0.29) is 23.3 Å². The zero-order valence-electron chi connectivity index (χ0n) is 16.2. The number of nitrogens with one attached hydrogen (secondary N) is 2. The SMILES string of the molecule is COc1ccc(CCNC(=O)C(=O)Nc2ccc3c(c2)nc(C(F)(F)F)n3C)cc1. The number of aromatic nitrogens is 2. The van der Waals surface area contributed by atoms with Crippen LogP contribution in [0.3, 0.4) is 0 Å². The van der Waals surface area contributed by atoms with Gasteiger partial charge >= 0.3 is 18.0 Å². The fraction of sp³-hybridized carbons (Fsp3) is 0.250. The number of nitrogens with zero attached hydrogens (tertiary/aromatic N) is 2. The Hall–Kier alpha value is -3.56. The number of ether oxygens (including phenoxy) is 1. The van der Waals surface area contributed by atoms with Gasteiger partial charge in [-0.25, -0.2) is 4.98 Å². The predicted octanol–water partition coefficient (Wildman–Crippen LogP) is 2.90. The quantitative estimate of drug-likeness (QED) is 0.622. The number of benzene rings is 2. The van der Waals surface area contributed by atoms with Crippen LogP contribution in [0.15, 0.2) is 42.5 Å². The Morgan fingerprint density at radius 2 is 1.80 bits per heavy atom. The van der Waals surface area contributed by atoms with Crippen LogP contribution in [0, 0.1) is 0 Å². The van der Waals surface area contributed by atoms with Crippen molar-refractivity contribution in [2.24, 2.45) is 7.05 Å². The topological polar surface area (TPSA) is 85.2 Å². The summed E-state index contributed by atoms with van der Waals surface area (Å²) in [5, 5.41) is 4.87. The number of anilines is 1. The fourth-order valence-electron chi connectivity index (χ4n) is 2.91. The summed E-state index contributed by atoms with van der Waals surface area (Å²) in [7, 11) is 2.82. The number of imidazole rings is 1. The average Bonchev–Trinajstić information content (AvgIpc) is 3.04. The number of rotatable bonds is 5. The summed E-state index contributed by atoms with van der Waals surface area (Å²) in [5.74, 6) is -2.09. The van der Waals surface area contributed by atoms with E-state index in [1.54, 1.807) is 19.2 Å². The summed E-state index contributed by atoms with van der Waals surface area (Å²) in [6.45, 7) is 0.243. The lowest BCUT2D eigenvalue weighted by molar-refractivity contribution is -0.146. The van der Waals surface area contributed by atoms with Gasteiger partial charge in [0.15, 0.2) is 0 Å². The van der Waals surface area contributed by atoms with Crippen LogP contribution in [0.1, 0.15) is 11.4 Å². The summed E-state index contributed by atoms with van der Waals surface area (Å²) >= 11 is 0. The minimum atomic E-state index is -4.60. The van der Waals surface area contributed by atoms with E-state index in [1.165, 1.54) is 25.2 Å². The molecule has 1 heterocycles. The number of fused-ring (bicyclic) bond motifs is 1. The molecule has 158 valence electrons. The minimum Gasteiger partial charge on any atom is -0.497 e. The van der Waals surface area contributed by atoms with Gasteiger partial charge in [0.05, 0.1) is 18.1 Å². The van der Waals surface area contributed by atoms with Gasteiger partial charge in [0.2, 0.25) is 5.82 Å². The standard InChI is InChI=1S/C20H19F3N4O3/c1-27-16-8-5-13(11-15(16)26-19(27)20(21,22)23)25-18(29)17(28)24-10-9-12-3-6-14(30-2)7-4-12/h3-8,11H,9-10H2,1-2H3,(H,24,28)(H,25,29). The monoisotopic (exact) mass is 420 g/mol. The van der Waals surface area contributed by atoms with Crippen LogP contribution >= 0.6 is 0 Å². The molecule has 0 aliphatic rings. The Kier molecular flexibility index (Phi) is 5.95. The Balaban J connectivity index is 1.59. The lowest BCUT2D eigenvalue weighted by Crippen LogP contribution is -2.36. The molecule has 0 aliphatic heterocycles. The summed E-state index contributed by atoms with van der Waals surface area (Å²) < 4.78 is 44.9. The van der Waals surface area contributed by atoms with Crippen molar-refractivity contribution >= 4 is 28.5 Å². The van der Waals surface area contributed by atoms with Crippen LogP contribution in [0.2, 0.25) is 0 Å². The van der Waals surface area contributed by atoms with Crippen molar-refractivity contribution in [2.45, 2.75) is 12.6 Å². The van der Waals surface area contributed by atoms with Crippen LogP contribution in [0.5, 0.6) is 5.75 Å². The number of carbonyl (C=O) groups is 2. The van der Waals surface area contributed by atoms with E-state index in [0.29, 0.717) is 6.42 Å². The molecular weight excluding hydrogens is 401 g/mol. The second-order valence-corrected chi connectivity index (χ2v) is 6.50. The number of alkyl halides is 3. The van der Waals surface area contributed by atoms with Crippen molar-refractivity contribution in [3.8, 4) is 5.75 Å². The van der Waals surface area contributed by atoms with E-state index in [9.17, 15) is 22.8 Å². The zero-order chi connectivity index (χ0) is 21.9. The van der Waals surface area contributed by atoms with E-state index < -0.39 is 23.8 Å². The summed E-state index contributed by atoms with van der Waals surface area (Å²) in [4.78, 5) is 27.6. The molecule has 1 aromatic heterocycles. The van der Waals surface area contributed by atoms with Crippen LogP contribution in [0.4, 0.5) is 18.9 Å². The first-order chi connectivity index (χ1) is 14.2. The Morgan fingerprint density at radius 3 is 2.43 bits per heavy atom. The van der Waals surface area contributed by atoms with Crippen molar-refractivity contribution in [3.63, 3.8) is 0 Å². The third-order valence-corrected chi connectivity index (χ3v) is 4.46. The smallest absolute Gasteiger partial charge is 0.449 e. The molecule has 2 amide bonds.